The molecular formula is C27H23N5O3. The summed E-state index contributed by atoms with van der Waals surface area (Å²) < 4.78 is 10.9. The van der Waals surface area contributed by atoms with Gasteiger partial charge in [0.25, 0.3) is 0 Å². The maximum atomic E-state index is 11.6. The molecule has 0 atom stereocenters. The molecule has 0 bridgehead atoms. The Kier molecular flexibility index (Phi) is 6.09. The van der Waals surface area contributed by atoms with Gasteiger partial charge in [0.2, 0.25) is 5.91 Å². The molecule has 0 unspecified atom stereocenters. The van der Waals surface area contributed by atoms with Crippen molar-refractivity contribution in [3.8, 4) is 17.1 Å². The zero-order valence-corrected chi connectivity index (χ0v) is 19.3. The molecule has 8 heteroatoms. The Morgan fingerprint density at radius 2 is 1.86 bits per heavy atom. The Hall–Kier alpha value is -4.72. The number of hydrogen-bond donors (Lipinski definition) is 2. The highest BCUT2D eigenvalue weighted by molar-refractivity contribution is 6.02. The van der Waals surface area contributed by atoms with E-state index in [1.807, 2.05) is 54.6 Å². The number of carbonyl (C=O) groups excluding carboxylic acids is 1. The van der Waals surface area contributed by atoms with Gasteiger partial charge in [-0.1, -0.05) is 30.3 Å². The molecule has 0 radical (unpaired) electrons. The first-order valence-corrected chi connectivity index (χ1v) is 11.0. The van der Waals surface area contributed by atoms with Gasteiger partial charge in [0.1, 0.15) is 11.6 Å². The minimum Gasteiger partial charge on any atom is -0.497 e. The van der Waals surface area contributed by atoms with Gasteiger partial charge in [0.15, 0.2) is 12.2 Å². The SMILES string of the molecule is COc1cc(Nc2cncc(Cc3ccc(NC(C)=O)c4ccccc34)n2)cc(-c2cnco2)c1. The van der Waals surface area contributed by atoms with Crippen LogP contribution in [0.2, 0.25) is 0 Å². The Labute approximate surface area is 202 Å². The van der Waals surface area contributed by atoms with Crippen LogP contribution in [-0.2, 0) is 11.2 Å². The molecule has 0 aliphatic rings. The molecule has 3 aromatic carbocycles. The average Bonchev–Trinajstić information content (AvgIpc) is 3.41. The molecule has 5 aromatic rings. The number of nitrogens with zero attached hydrogens (tertiary/aromatic N) is 3. The third-order valence-corrected chi connectivity index (χ3v) is 5.51. The Bertz CT molecular complexity index is 1500. The van der Waals surface area contributed by atoms with Gasteiger partial charge in [-0.2, -0.15) is 0 Å². The van der Waals surface area contributed by atoms with Crippen molar-refractivity contribution in [3.63, 3.8) is 0 Å². The molecule has 174 valence electrons. The number of anilines is 3. The number of amides is 1. The van der Waals surface area contributed by atoms with Crippen molar-refractivity contribution in [2.75, 3.05) is 17.7 Å². The van der Waals surface area contributed by atoms with Crippen molar-refractivity contribution >= 4 is 33.9 Å². The molecule has 5 rings (SSSR count). The van der Waals surface area contributed by atoms with Gasteiger partial charge < -0.3 is 19.8 Å². The third-order valence-electron chi connectivity index (χ3n) is 5.51. The van der Waals surface area contributed by atoms with E-state index in [2.05, 4.69) is 20.6 Å². The maximum absolute atomic E-state index is 11.6. The van der Waals surface area contributed by atoms with E-state index in [0.717, 1.165) is 39.0 Å². The minimum absolute atomic E-state index is 0.100. The van der Waals surface area contributed by atoms with E-state index in [1.54, 1.807) is 25.7 Å². The fourth-order valence-corrected chi connectivity index (χ4v) is 4.00. The van der Waals surface area contributed by atoms with Gasteiger partial charge in [-0.05, 0) is 29.1 Å². The number of hydrogen-bond acceptors (Lipinski definition) is 7. The van der Waals surface area contributed by atoms with Gasteiger partial charge in [-0.3, -0.25) is 9.78 Å². The summed E-state index contributed by atoms with van der Waals surface area (Å²) in [6.07, 6.45) is 7.07. The number of benzene rings is 3. The molecule has 0 saturated carbocycles. The zero-order valence-electron chi connectivity index (χ0n) is 19.3. The predicted molar refractivity (Wildman–Crippen MR) is 135 cm³/mol. The smallest absolute Gasteiger partial charge is 0.221 e. The van der Waals surface area contributed by atoms with Gasteiger partial charge >= 0.3 is 0 Å². The molecule has 2 N–H and O–H groups in total. The first-order chi connectivity index (χ1) is 17.1. The second-order valence-electron chi connectivity index (χ2n) is 8.01. The van der Waals surface area contributed by atoms with E-state index in [1.165, 1.54) is 13.3 Å². The number of carbonyl (C=O) groups is 1. The highest BCUT2D eigenvalue weighted by atomic mass is 16.5. The van der Waals surface area contributed by atoms with Crippen LogP contribution in [0, 0.1) is 0 Å². The quantitative estimate of drug-likeness (QED) is 0.323. The summed E-state index contributed by atoms with van der Waals surface area (Å²) in [7, 11) is 1.62. The number of rotatable bonds is 7. The lowest BCUT2D eigenvalue weighted by Crippen LogP contribution is -2.06. The van der Waals surface area contributed by atoms with Gasteiger partial charge in [-0.15, -0.1) is 0 Å². The van der Waals surface area contributed by atoms with E-state index in [0.29, 0.717) is 23.7 Å². The van der Waals surface area contributed by atoms with Crippen LogP contribution in [0.1, 0.15) is 18.2 Å². The summed E-state index contributed by atoms with van der Waals surface area (Å²) in [5.41, 5.74) is 4.31. The highest BCUT2D eigenvalue weighted by Crippen LogP contribution is 2.31. The van der Waals surface area contributed by atoms with Crippen molar-refractivity contribution in [1.82, 2.24) is 15.0 Å². The molecule has 8 nitrogen and oxygen atoms in total. The highest BCUT2D eigenvalue weighted by Gasteiger charge is 2.11. The summed E-state index contributed by atoms with van der Waals surface area (Å²) in [6.45, 7) is 1.51. The lowest BCUT2D eigenvalue weighted by molar-refractivity contribution is -0.114. The second-order valence-corrected chi connectivity index (χ2v) is 8.01. The second kappa shape index (κ2) is 9.64. The Morgan fingerprint density at radius 3 is 2.63 bits per heavy atom. The average molecular weight is 466 g/mol. The fourth-order valence-electron chi connectivity index (χ4n) is 4.00. The molecule has 35 heavy (non-hydrogen) atoms. The lowest BCUT2D eigenvalue weighted by Gasteiger charge is -2.13. The Morgan fingerprint density at radius 1 is 1.00 bits per heavy atom. The molecule has 2 aromatic heterocycles. The van der Waals surface area contributed by atoms with Crippen LogP contribution < -0.4 is 15.4 Å². The summed E-state index contributed by atoms with van der Waals surface area (Å²) in [6, 6.07) is 17.6. The maximum Gasteiger partial charge on any atom is 0.221 e. The van der Waals surface area contributed by atoms with Crippen molar-refractivity contribution < 1.29 is 13.9 Å². The van der Waals surface area contributed by atoms with Crippen LogP contribution in [0.3, 0.4) is 0 Å². The monoisotopic (exact) mass is 465 g/mol. The molecule has 0 saturated heterocycles. The van der Waals surface area contributed by atoms with Gasteiger partial charge in [-0.25, -0.2) is 9.97 Å². The third kappa shape index (κ3) is 4.96. The summed E-state index contributed by atoms with van der Waals surface area (Å²) in [5.74, 6) is 1.83. The minimum atomic E-state index is -0.100. The molecule has 2 heterocycles. The predicted octanol–water partition coefficient (Wildman–Crippen LogP) is 5.59. The van der Waals surface area contributed by atoms with Crippen LogP contribution in [-0.4, -0.2) is 28.0 Å². The van der Waals surface area contributed by atoms with E-state index in [4.69, 9.17) is 14.1 Å². The van der Waals surface area contributed by atoms with Crippen molar-refractivity contribution in [3.05, 3.63) is 90.8 Å². The molecule has 0 spiro atoms. The van der Waals surface area contributed by atoms with E-state index in [9.17, 15) is 4.79 Å². The number of nitrogens with one attached hydrogen (secondary N) is 2. The zero-order chi connectivity index (χ0) is 24.2. The molecule has 1 amide bonds. The number of methoxy groups -OCH3 is 1. The summed E-state index contributed by atoms with van der Waals surface area (Å²) in [4.78, 5) is 24.7. The molecule has 0 aliphatic heterocycles. The number of fused-ring (bicyclic) bond motifs is 1. The van der Waals surface area contributed by atoms with E-state index < -0.39 is 0 Å². The van der Waals surface area contributed by atoms with Crippen molar-refractivity contribution in [2.45, 2.75) is 13.3 Å². The van der Waals surface area contributed by atoms with Crippen molar-refractivity contribution in [1.29, 1.82) is 0 Å². The van der Waals surface area contributed by atoms with Crippen LogP contribution in [0.25, 0.3) is 22.1 Å². The largest absolute Gasteiger partial charge is 0.497 e. The van der Waals surface area contributed by atoms with Gasteiger partial charge in [0.05, 0.1) is 25.2 Å². The van der Waals surface area contributed by atoms with Crippen LogP contribution in [0.5, 0.6) is 5.75 Å². The van der Waals surface area contributed by atoms with Crippen LogP contribution in [0.15, 0.2) is 84.0 Å². The number of oxazole rings is 1. The first kappa shape index (κ1) is 22.1. The lowest BCUT2D eigenvalue weighted by atomic mass is 9.99. The first-order valence-electron chi connectivity index (χ1n) is 11.0. The van der Waals surface area contributed by atoms with Crippen LogP contribution in [0.4, 0.5) is 17.2 Å². The van der Waals surface area contributed by atoms with E-state index in [-0.39, 0.29) is 5.91 Å². The normalized spacial score (nSPS) is 10.8. The van der Waals surface area contributed by atoms with Gasteiger partial charge in [0, 0.05) is 47.9 Å². The summed E-state index contributed by atoms with van der Waals surface area (Å²) in [5, 5.41) is 8.26. The molecule has 0 fully saturated rings. The van der Waals surface area contributed by atoms with Crippen molar-refractivity contribution in [2.24, 2.45) is 0 Å². The fraction of sp³-hybridized carbons (Fsp3) is 0.111. The molecular weight excluding hydrogens is 442 g/mol. The standard InChI is InChI=1S/C27H23N5O3/c1-17(33)30-25-8-7-18(23-5-3-4-6-24(23)25)9-21-13-28-15-27(32-21)31-20-10-19(11-22(12-20)34-2)26-14-29-16-35-26/h3-8,10-16H,9H2,1-2H3,(H,30,33)(H,31,32). The molecule has 0 aliphatic carbocycles. The number of ether oxygens (including phenoxy) is 1. The van der Waals surface area contributed by atoms with Crippen LogP contribution >= 0.6 is 0 Å². The topological polar surface area (TPSA) is 102 Å². The Balaban J connectivity index is 1.42. The summed E-state index contributed by atoms with van der Waals surface area (Å²) >= 11 is 0. The number of aromatic nitrogens is 3. The van der Waals surface area contributed by atoms with E-state index >= 15 is 0 Å².